The Kier molecular flexibility index (Phi) is 3.83. The predicted molar refractivity (Wildman–Crippen MR) is 53.0 cm³/mol. The van der Waals surface area contributed by atoms with Gasteiger partial charge in [0.2, 0.25) is 5.91 Å². The summed E-state index contributed by atoms with van der Waals surface area (Å²) in [6.07, 6.45) is 1.67. The lowest BCUT2D eigenvalue weighted by Crippen LogP contribution is -2.16. The molecule has 15 heavy (non-hydrogen) atoms. The second kappa shape index (κ2) is 5.12. The minimum atomic E-state index is -0.197. The Morgan fingerprint density at radius 3 is 3.13 bits per heavy atom. The van der Waals surface area contributed by atoms with E-state index in [-0.39, 0.29) is 12.3 Å². The van der Waals surface area contributed by atoms with Crippen LogP contribution in [0, 0.1) is 11.3 Å². The first-order chi connectivity index (χ1) is 7.19. The number of nitriles is 1. The number of rotatable bonds is 4. The summed E-state index contributed by atoms with van der Waals surface area (Å²) >= 11 is 0. The molecule has 0 saturated carbocycles. The Morgan fingerprint density at radius 1 is 1.80 bits per heavy atom. The third kappa shape index (κ3) is 2.79. The van der Waals surface area contributed by atoms with Crippen LogP contribution in [-0.2, 0) is 16.6 Å². The monoisotopic (exact) mass is 208 g/mol. The van der Waals surface area contributed by atoms with Gasteiger partial charge in [0.05, 0.1) is 19.2 Å². The lowest BCUT2D eigenvalue weighted by atomic mass is 10.3. The molecule has 1 heterocycles. The van der Waals surface area contributed by atoms with E-state index < -0.39 is 0 Å². The van der Waals surface area contributed by atoms with Crippen LogP contribution >= 0.6 is 0 Å². The molecule has 0 saturated heterocycles. The number of aromatic nitrogens is 2. The second-order valence-electron chi connectivity index (χ2n) is 2.93. The molecule has 1 aromatic heterocycles. The molecule has 1 rings (SSSR count). The average molecular weight is 208 g/mol. The van der Waals surface area contributed by atoms with Crippen LogP contribution in [0.15, 0.2) is 6.20 Å². The molecule has 0 aliphatic heterocycles. The van der Waals surface area contributed by atoms with Gasteiger partial charge in [0.15, 0.2) is 0 Å². The van der Waals surface area contributed by atoms with E-state index in [0.29, 0.717) is 18.0 Å². The standard InChI is InChI=1S/C9H12N4O2/c1-13-9(7(5-10)6-11-13)12-8(14)3-4-15-2/h6H,3-4H2,1-2H3,(H,12,14). The molecule has 0 unspecified atom stereocenters. The maximum atomic E-state index is 11.3. The molecule has 0 fully saturated rings. The Morgan fingerprint density at radius 2 is 2.53 bits per heavy atom. The maximum Gasteiger partial charge on any atom is 0.227 e. The SMILES string of the molecule is COCCC(=O)Nc1c(C#N)cnn1C. The highest BCUT2D eigenvalue weighted by Crippen LogP contribution is 2.12. The molecule has 1 amide bonds. The Bertz CT molecular complexity index is 391. The summed E-state index contributed by atoms with van der Waals surface area (Å²) in [4.78, 5) is 11.3. The highest BCUT2D eigenvalue weighted by atomic mass is 16.5. The number of hydrogen-bond acceptors (Lipinski definition) is 4. The van der Waals surface area contributed by atoms with Gasteiger partial charge in [0, 0.05) is 14.2 Å². The average Bonchev–Trinajstić information content (AvgIpc) is 2.57. The number of nitrogens with one attached hydrogen (secondary N) is 1. The summed E-state index contributed by atoms with van der Waals surface area (Å²) in [5.74, 6) is 0.218. The fraction of sp³-hybridized carbons (Fsp3) is 0.444. The van der Waals surface area contributed by atoms with E-state index in [1.165, 1.54) is 18.0 Å². The van der Waals surface area contributed by atoms with Crippen molar-refractivity contribution in [3.63, 3.8) is 0 Å². The number of aryl methyl sites for hydroxylation is 1. The van der Waals surface area contributed by atoms with E-state index >= 15 is 0 Å². The summed E-state index contributed by atoms with van der Waals surface area (Å²) < 4.78 is 6.22. The van der Waals surface area contributed by atoms with Crippen molar-refractivity contribution in [1.29, 1.82) is 5.26 Å². The van der Waals surface area contributed by atoms with Gasteiger partial charge in [-0.3, -0.25) is 9.48 Å². The van der Waals surface area contributed by atoms with Crippen molar-refractivity contribution in [1.82, 2.24) is 9.78 Å². The van der Waals surface area contributed by atoms with Crippen LogP contribution in [0.2, 0.25) is 0 Å². The molecule has 0 atom stereocenters. The molecule has 6 nitrogen and oxygen atoms in total. The topological polar surface area (TPSA) is 79.9 Å². The van der Waals surface area contributed by atoms with E-state index in [0.717, 1.165) is 0 Å². The van der Waals surface area contributed by atoms with E-state index in [4.69, 9.17) is 10.00 Å². The largest absolute Gasteiger partial charge is 0.384 e. The lowest BCUT2D eigenvalue weighted by molar-refractivity contribution is -0.117. The number of amides is 1. The molecule has 0 aliphatic carbocycles. The number of methoxy groups -OCH3 is 1. The Balaban J connectivity index is 2.68. The molecule has 1 N–H and O–H groups in total. The fourth-order valence-corrected chi connectivity index (χ4v) is 1.06. The maximum absolute atomic E-state index is 11.3. The van der Waals surface area contributed by atoms with E-state index in [9.17, 15) is 4.79 Å². The lowest BCUT2D eigenvalue weighted by Gasteiger charge is -2.05. The van der Waals surface area contributed by atoms with Crippen LogP contribution in [0.25, 0.3) is 0 Å². The van der Waals surface area contributed by atoms with Gasteiger partial charge >= 0.3 is 0 Å². The summed E-state index contributed by atoms with van der Waals surface area (Å²) in [7, 11) is 3.19. The van der Waals surface area contributed by atoms with Gasteiger partial charge in [-0.15, -0.1) is 0 Å². The smallest absolute Gasteiger partial charge is 0.227 e. The van der Waals surface area contributed by atoms with E-state index in [2.05, 4.69) is 10.4 Å². The van der Waals surface area contributed by atoms with Crippen molar-refractivity contribution >= 4 is 11.7 Å². The summed E-state index contributed by atoms with van der Waals surface area (Å²) in [5, 5.41) is 15.2. The van der Waals surface area contributed by atoms with Gasteiger partial charge < -0.3 is 10.1 Å². The van der Waals surface area contributed by atoms with Crippen molar-refractivity contribution in [3.05, 3.63) is 11.8 Å². The van der Waals surface area contributed by atoms with Crippen LogP contribution in [-0.4, -0.2) is 29.4 Å². The molecule has 0 bridgehead atoms. The van der Waals surface area contributed by atoms with Gasteiger partial charge in [-0.2, -0.15) is 10.4 Å². The van der Waals surface area contributed by atoms with Crippen molar-refractivity contribution in [2.24, 2.45) is 7.05 Å². The summed E-state index contributed by atoms with van der Waals surface area (Å²) in [5.41, 5.74) is 0.350. The number of hydrogen-bond donors (Lipinski definition) is 1. The fourth-order valence-electron chi connectivity index (χ4n) is 1.06. The van der Waals surface area contributed by atoms with Crippen LogP contribution in [0.3, 0.4) is 0 Å². The quantitative estimate of drug-likeness (QED) is 0.770. The molecular formula is C9H12N4O2. The van der Waals surface area contributed by atoms with Crippen LogP contribution in [0.4, 0.5) is 5.82 Å². The first-order valence-electron chi connectivity index (χ1n) is 4.40. The van der Waals surface area contributed by atoms with Crippen molar-refractivity contribution in [3.8, 4) is 6.07 Å². The van der Waals surface area contributed by atoms with Gasteiger partial charge in [-0.05, 0) is 0 Å². The number of ether oxygens (including phenoxy) is 1. The van der Waals surface area contributed by atoms with Crippen LogP contribution in [0.5, 0.6) is 0 Å². The number of anilines is 1. The van der Waals surface area contributed by atoms with Crippen molar-refractivity contribution in [2.45, 2.75) is 6.42 Å². The van der Waals surface area contributed by atoms with Crippen LogP contribution in [0.1, 0.15) is 12.0 Å². The van der Waals surface area contributed by atoms with Gasteiger partial charge in [0.25, 0.3) is 0 Å². The Hall–Kier alpha value is -1.87. The molecule has 6 heteroatoms. The summed E-state index contributed by atoms with van der Waals surface area (Å²) in [6.45, 7) is 0.353. The molecule has 0 radical (unpaired) electrons. The van der Waals surface area contributed by atoms with Gasteiger partial charge in [-0.1, -0.05) is 0 Å². The second-order valence-corrected chi connectivity index (χ2v) is 2.93. The van der Waals surface area contributed by atoms with Crippen molar-refractivity contribution in [2.75, 3.05) is 19.0 Å². The highest BCUT2D eigenvalue weighted by molar-refractivity contribution is 5.91. The normalized spacial score (nSPS) is 9.67. The first kappa shape index (κ1) is 11.2. The molecule has 0 aliphatic rings. The third-order valence-corrected chi connectivity index (χ3v) is 1.85. The molecule has 80 valence electrons. The van der Waals surface area contributed by atoms with Gasteiger partial charge in [-0.25, -0.2) is 0 Å². The van der Waals surface area contributed by atoms with Crippen molar-refractivity contribution < 1.29 is 9.53 Å². The highest BCUT2D eigenvalue weighted by Gasteiger charge is 2.10. The zero-order valence-corrected chi connectivity index (χ0v) is 8.65. The van der Waals surface area contributed by atoms with Gasteiger partial charge in [0.1, 0.15) is 17.5 Å². The minimum absolute atomic E-state index is 0.197. The predicted octanol–water partition coefficient (Wildman–Crippen LogP) is 0.267. The molecule has 1 aromatic rings. The number of carbonyl (C=O) groups is 1. The van der Waals surface area contributed by atoms with E-state index in [1.807, 2.05) is 6.07 Å². The molecular weight excluding hydrogens is 196 g/mol. The minimum Gasteiger partial charge on any atom is -0.384 e. The molecule has 0 spiro atoms. The Labute approximate surface area is 87.4 Å². The third-order valence-electron chi connectivity index (χ3n) is 1.85. The van der Waals surface area contributed by atoms with Crippen LogP contribution < -0.4 is 5.32 Å². The zero-order valence-electron chi connectivity index (χ0n) is 8.65. The zero-order chi connectivity index (χ0) is 11.3. The van der Waals surface area contributed by atoms with E-state index in [1.54, 1.807) is 7.05 Å². The molecule has 0 aromatic carbocycles. The number of nitrogens with zero attached hydrogens (tertiary/aromatic N) is 3. The summed E-state index contributed by atoms with van der Waals surface area (Å²) in [6, 6.07) is 1.95. The number of carbonyl (C=O) groups excluding carboxylic acids is 1. The first-order valence-corrected chi connectivity index (χ1v) is 4.40.